The van der Waals surface area contributed by atoms with Crippen molar-refractivity contribution in [1.29, 1.82) is 0 Å². The zero-order valence-electron chi connectivity index (χ0n) is 34.3. The van der Waals surface area contributed by atoms with E-state index in [0.29, 0.717) is 5.82 Å². The number of nitrogens with zero attached hydrogens (tertiary/aromatic N) is 2. The van der Waals surface area contributed by atoms with Crippen molar-refractivity contribution < 1.29 is 0 Å². The molecule has 2 nitrogen and oxygen atoms in total. The minimum atomic E-state index is -0.467. The van der Waals surface area contributed by atoms with E-state index in [1.165, 1.54) is 77.5 Å². The highest BCUT2D eigenvalue weighted by molar-refractivity contribution is 6.08. The fraction of sp³-hybridized carbons (Fsp3) is 0.0164. The third-order valence-electron chi connectivity index (χ3n) is 13.5. The van der Waals surface area contributed by atoms with E-state index in [2.05, 4.69) is 218 Å². The van der Waals surface area contributed by atoms with Gasteiger partial charge in [0.25, 0.3) is 0 Å². The minimum Gasteiger partial charge on any atom is -0.228 e. The topological polar surface area (TPSA) is 25.8 Å². The van der Waals surface area contributed by atoms with Crippen molar-refractivity contribution in [3.63, 3.8) is 0 Å². The Morgan fingerprint density at radius 3 is 1.37 bits per heavy atom. The van der Waals surface area contributed by atoms with Crippen LogP contribution in [0.5, 0.6) is 0 Å². The first-order chi connectivity index (χ1) is 31.2. The molecule has 1 aromatic heterocycles. The summed E-state index contributed by atoms with van der Waals surface area (Å²) >= 11 is 0. The molecule has 1 spiro atoms. The van der Waals surface area contributed by atoms with Gasteiger partial charge in [0, 0.05) is 16.7 Å². The Balaban J connectivity index is 1.10. The van der Waals surface area contributed by atoms with Crippen LogP contribution in [0.2, 0.25) is 0 Å². The Bertz CT molecular complexity index is 3520. The largest absolute Gasteiger partial charge is 0.228 e. The van der Waals surface area contributed by atoms with E-state index in [9.17, 15) is 0 Å². The summed E-state index contributed by atoms with van der Waals surface area (Å²) in [6.07, 6.45) is 0. The van der Waals surface area contributed by atoms with Crippen LogP contribution in [0.15, 0.2) is 231 Å². The molecule has 1 heterocycles. The smallest absolute Gasteiger partial charge is 0.161 e. The molecule has 2 aliphatic carbocycles. The maximum absolute atomic E-state index is 5.30. The Labute approximate surface area is 366 Å². The van der Waals surface area contributed by atoms with E-state index in [1.54, 1.807) is 0 Å². The van der Waals surface area contributed by atoms with Crippen molar-refractivity contribution in [2.24, 2.45) is 0 Å². The Hall–Kier alpha value is -8.20. The lowest BCUT2D eigenvalue weighted by molar-refractivity contribution is 0.794. The van der Waals surface area contributed by atoms with Crippen LogP contribution in [0.3, 0.4) is 0 Å². The van der Waals surface area contributed by atoms with Crippen molar-refractivity contribution in [3.05, 3.63) is 253 Å². The molecule has 10 aromatic carbocycles. The molecule has 0 amide bonds. The predicted octanol–water partition coefficient (Wildman–Crippen LogP) is 15.5. The Kier molecular flexibility index (Phi) is 7.85. The maximum atomic E-state index is 5.30. The summed E-state index contributed by atoms with van der Waals surface area (Å²) in [4.78, 5) is 10.6. The third-order valence-corrected chi connectivity index (χ3v) is 13.5. The molecule has 0 N–H and O–H groups in total. The summed E-state index contributed by atoms with van der Waals surface area (Å²) in [7, 11) is 0. The molecule has 13 rings (SSSR count). The molecule has 0 bridgehead atoms. The van der Waals surface area contributed by atoms with E-state index in [1.807, 2.05) is 12.1 Å². The van der Waals surface area contributed by atoms with Gasteiger partial charge in [0.05, 0.1) is 16.8 Å². The summed E-state index contributed by atoms with van der Waals surface area (Å²) in [5.41, 5.74) is 19.7. The molecule has 63 heavy (non-hydrogen) atoms. The summed E-state index contributed by atoms with van der Waals surface area (Å²) in [5.74, 6) is 0.704. The van der Waals surface area contributed by atoms with E-state index >= 15 is 0 Å². The number of hydrogen-bond donors (Lipinski definition) is 0. The fourth-order valence-electron chi connectivity index (χ4n) is 10.8. The van der Waals surface area contributed by atoms with E-state index in [-0.39, 0.29) is 0 Å². The van der Waals surface area contributed by atoms with Crippen LogP contribution < -0.4 is 0 Å². The first-order valence-electron chi connectivity index (χ1n) is 21.7. The fourth-order valence-corrected chi connectivity index (χ4v) is 10.8. The maximum Gasteiger partial charge on any atom is 0.161 e. The second kappa shape index (κ2) is 13.9. The van der Waals surface area contributed by atoms with Gasteiger partial charge >= 0.3 is 0 Å². The van der Waals surface area contributed by atoms with Gasteiger partial charge in [-0.1, -0.05) is 200 Å². The first kappa shape index (κ1) is 35.5. The highest BCUT2D eigenvalue weighted by atomic mass is 14.9. The first-order valence-corrected chi connectivity index (χ1v) is 21.7. The number of fused-ring (bicyclic) bond motifs is 12. The molecule has 0 fully saturated rings. The molecule has 0 atom stereocenters. The second-order valence-electron chi connectivity index (χ2n) is 16.8. The van der Waals surface area contributed by atoms with Gasteiger partial charge in [0.1, 0.15) is 0 Å². The molecule has 2 aliphatic rings. The van der Waals surface area contributed by atoms with Crippen molar-refractivity contribution in [2.45, 2.75) is 5.41 Å². The number of rotatable bonds is 5. The molecule has 0 aliphatic heterocycles. The van der Waals surface area contributed by atoms with E-state index < -0.39 is 5.41 Å². The normalized spacial score (nSPS) is 12.9. The highest BCUT2D eigenvalue weighted by Gasteiger charge is 2.51. The monoisotopic (exact) mass is 798 g/mol. The summed E-state index contributed by atoms with van der Waals surface area (Å²) in [6.45, 7) is 0. The molecule has 2 heteroatoms. The molecular formula is C61H38N2. The molecule has 11 aromatic rings. The SMILES string of the molecule is c1ccc(-c2cc(-c3ccccc3)nc(-c3ccc(-c4cc5c(cc4-c4ccc6ccccc6c4)-c4ccccc4C54c5ccccc5-c5ccccc54)c4ccccc34)n2)cc1. The zero-order chi connectivity index (χ0) is 41.5. The number of hydrogen-bond acceptors (Lipinski definition) is 2. The molecular weight excluding hydrogens is 761 g/mol. The van der Waals surface area contributed by atoms with Crippen molar-refractivity contribution in [3.8, 4) is 78.4 Å². The van der Waals surface area contributed by atoms with Crippen LogP contribution in [0.4, 0.5) is 0 Å². The Morgan fingerprint density at radius 2 is 0.746 bits per heavy atom. The Morgan fingerprint density at radius 1 is 0.254 bits per heavy atom. The lowest BCUT2D eigenvalue weighted by Crippen LogP contribution is -2.25. The van der Waals surface area contributed by atoms with Crippen molar-refractivity contribution in [1.82, 2.24) is 9.97 Å². The molecule has 0 saturated heterocycles. The third kappa shape index (κ3) is 5.32. The van der Waals surface area contributed by atoms with Gasteiger partial charge in [-0.15, -0.1) is 0 Å². The van der Waals surface area contributed by atoms with Gasteiger partial charge in [-0.2, -0.15) is 0 Å². The van der Waals surface area contributed by atoms with Crippen molar-refractivity contribution in [2.75, 3.05) is 0 Å². The average Bonchev–Trinajstić information content (AvgIpc) is 3.83. The van der Waals surface area contributed by atoms with Crippen molar-refractivity contribution >= 4 is 21.5 Å². The van der Waals surface area contributed by atoms with Crippen LogP contribution in [-0.2, 0) is 5.41 Å². The van der Waals surface area contributed by atoms with Gasteiger partial charge < -0.3 is 0 Å². The average molecular weight is 799 g/mol. The molecule has 0 saturated carbocycles. The lowest BCUT2D eigenvalue weighted by Gasteiger charge is -2.31. The van der Waals surface area contributed by atoms with Gasteiger partial charge in [0.15, 0.2) is 5.82 Å². The van der Waals surface area contributed by atoms with Crippen LogP contribution in [0.25, 0.3) is 100.0 Å². The van der Waals surface area contributed by atoms with Crippen LogP contribution >= 0.6 is 0 Å². The second-order valence-corrected chi connectivity index (χ2v) is 16.8. The summed E-state index contributed by atoms with van der Waals surface area (Å²) < 4.78 is 0. The number of aromatic nitrogens is 2. The van der Waals surface area contributed by atoms with Gasteiger partial charge in [-0.25, -0.2) is 9.97 Å². The van der Waals surface area contributed by atoms with Crippen LogP contribution in [0.1, 0.15) is 22.3 Å². The minimum absolute atomic E-state index is 0.467. The van der Waals surface area contributed by atoms with Gasteiger partial charge in [-0.05, 0) is 119 Å². The quantitative estimate of drug-likeness (QED) is 0.173. The standard InChI is InChI=1S/C61H38N2/c1-3-18-40(19-4-1)58-38-59(41-20-5-2-6-21-41)63-60(62-58)50-34-33-46(44-23-9-10-24-45(44)50)52-37-57-53(36-51(52)43-32-31-39-17-7-8-22-42(39)35-43)49-27-13-16-30-56(49)61(57)54-28-14-11-25-47(54)48-26-12-15-29-55(48)61/h1-38H. The van der Waals surface area contributed by atoms with Crippen LogP contribution in [0, 0.1) is 0 Å². The number of benzene rings is 10. The lowest BCUT2D eigenvalue weighted by atomic mass is 9.70. The van der Waals surface area contributed by atoms with E-state index in [4.69, 9.17) is 9.97 Å². The molecule has 0 radical (unpaired) electrons. The van der Waals surface area contributed by atoms with E-state index in [0.717, 1.165) is 38.9 Å². The summed E-state index contributed by atoms with van der Waals surface area (Å²) in [6, 6.07) is 84.2. The predicted molar refractivity (Wildman–Crippen MR) is 261 cm³/mol. The van der Waals surface area contributed by atoms with Gasteiger partial charge in [-0.3, -0.25) is 0 Å². The summed E-state index contributed by atoms with van der Waals surface area (Å²) in [5, 5.41) is 4.72. The van der Waals surface area contributed by atoms with Crippen LogP contribution in [-0.4, -0.2) is 9.97 Å². The molecule has 0 unspecified atom stereocenters. The highest BCUT2D eigenvalue weighted by Crippen LogP contribution is 2.64. The molecule has 292 valence electrons. The van der Waals surface area contributed by atoms with Gasteiger partial charge in [0.2, 0.25) is 0 Å². The zero-order valence-corrected chi connectivity index (χ0v) is 34.3.